The van der Waals surface area contributed by atoms with Crippen molar-refractivity contribution < 1.29 is 22.5 Å². The van der Waals surface area contributed by atoms with Gasteiger partial charge in [0.2, 0.25) is 0 Å². The number of hydrogen-bond donors (Lipinski definition) is 1. The molecule has 0 aromatic carbocycles. The number of aliphatic hydroxyl groups excluding tert-OH is 1. The lowest BCUT2D eigenvalue weighted by atomic mass is 10.9. The van der Waals surface area contributed by atoms with Gasteiger partial charge in [-0.05, 0) is 6.92 Å². The summed E-state index contributed by atoms with van der Waals surface area (Å²) >= 11 is 0. The fraction of sp³-hybridized carbons (Fsp3) is 0.500. The molecule has 0 aliphatic heterocycles. The van der Waals surface area contributed by atoms with Crippen LogP contribution >= 0.6 is 0 Å². The van der Waals surface area contributed by atoms with Gasteiger partial charge in [0.25, 0.3) is 0 Å². The maximum atomic E-state index is 10.4. The lowest BCUT2D eigenvalue weighted by Crippen LogP contribution is -2.21. The van der Waals surface area contributed by atoms with Crippen LogP contribution < -0.4 is 0 Å². The van der Waals surface area contributed by atoms with Crippen molar-refractivity contribution in [3.8, 4) is 0 Å². The molecule has 0 saturated heterocycles. The Kier molecular flexibility index (Phi) is 2.79. The maximum Gasteiger partial charge on any atom is 0.338 e. The van der Waals surface area contributed by atoms with E-state index in [-0.39, 0.29) is 0 Å². The van der Waals surface area contributed by atoms with Crippen LogP contribution in [0.3, 0.4) is 0 Å². The normalized spacial score (nSPS) is 14.3. The summed E-state index contributed by atoms with van der Waals surface area (Å²) in [4.78, 5) is 10.0. The van der Waals surface area contributed by atoms with Crippen molar-refractivity contribution in [3.63, 3.8) is 0 Å². The van der Waals surface area contributed by atoms with E-state index in [9.17, 15) is 13.2 Å². The first-order valence-corrected chi connectivity index (χ1v) is 3.78. The summed E-state index contributed by atoms with van der Waals surface area (Å²) in [5, 5.41) is 8.35. The predicted octanol–water partition coefficient (Wildman–Crippen LogP) is -0.968. The molecule has 0 heterocycles. The molecule has 0 spiro atoms. The van der Waals surface area contributed by atoms with Crippen LogP contribution in [-0.2, 0) is 19.1 Å². The Labute approximate surface area is 58.7 Å². The van der Waals surface area contributed by atoms with E-state index in [0.717, 1.165) is 6.92 Å². The molecular weight excluding hydrogens is 160 g/mol. The van der Waals surface area contributed by atoms with Crippen LogP contribution in [0.2, 0.25) is 0 Å². The average Bonchev–Trinajstić information content (AvgIpc) is 1.60. The zero-order valence-corrected chi connectivity index (χ0v) is 6.09. The molecule has 0 amide bonds. The van der Waals surface area contributed by atoms with Gasteiger partial charge in [0.15, 0.2) is 5.44 Å². The van der Waals surface area contributed by atoms with Crippen molar-refractivity contribution in [1.29, 1.82) is 0 Å². The van der Waals surface area contributed by atoms with Crippen molar-refractivity contribution in [2.24, 2.45) is 0 Å². The van der Waals surface area contributed by atoms with Crippen LogP contribution in [0.5, 0.6) is 0 Å². The number of carbonyl (C=O) groups is 1. The first-order chi connectivity index (χ1) is 4.36. The molecule has 0 rings (SSSR count). The van der Waals surface area contributed by atoms with Crippen LogP contribution in [0.4, 0.5) is 0 Å². The fourth-order valence-electron chi connectivity index (χ4n) is 0.219. The third kappa shape index (κ3) is 2.79. The third-order valence-corrected chi connectivity index (χ3v) is 1.70. The zero-order chi connectivity index (χ0) is 8.36. The molecule has 1 atom stereocenters. The average molecular weight is 167 g/mol. The van der Waals surface area contributed by atoms with E-state index in [4.69, 9.17) is 5.11 Å². The smallest absolute Gasteiger partial charge is 0.338 e. The van der Waals surface area contributed by atoms with Gasteiger partial charge in [-0.1, -0.05) is 0 Å². The van der Waals surface area contributed by atoms with Gasteiger partial charge in [-0.15, -0.1) is 0 Å². The number of rotatable bonds is 2. The summed E-state index contributed by atoms with van der Waals surface area (Å²) in [5.74, 6) is -0.997. The van der Waals surface area contributed by atoms with E-state index in [1.54, 1.807) is 0 Å². The second-order valence-corrected chi connectivity index (χ2v) is 3.22. The second-order valence-electron chi connectivity index (χ2n) is 1.52. The summed E-state index contributed by atoms with van der Waals surface area (Å²) in [6, 6.07) is 0. The molecular formula is C4H7O5S. The summed E-state index contributed by atoms with van der Waals surface area (Å²) in [6.07, 6.45) is 0. The van der Waals surface area contributed by atoms with Crippen molar-refractivity contribution >= 4 is 16.1 Å². The SMILES string of the molecule is [CH2]C(O)S(=O)(=O)OC(C)=O. The summed E-state index contributed by atoms with van der Waals surface area (Å²) < 4.78 is 24.5. The lowest BCUT2D eigenvalue weighted by Gasteiger charge is -2.03. The summed E-state index contributed by atoms with van der Waals surface area (Å²) in [7, 11) is -4.20. The molecule has 0 saturated carbocycles. The lowest BCUT2D eigenvalue weighted by molar-refractivity contribution is -0.131. The molecule has 1 unspecified atom stereocenters. The number of carbonyl (C=O) groups excluding carboxylic acids is 1. The minimum atomic E-state index is -4.20. The highest BCUT2D eigenvalue weighted by Gasteiger charge is 2.20. The predicted molar refractivity (Wildman–Crippen MR) is 32.0 cm³/mol. The standard InChI is InChI=1S/C4H7O5S/c1-3(5)9-10(7,8)4(2)6/h4,6H,2H2,1H3. The fourth-order valence-corrected chi connectivity index (χ4v) is 0.657. The zero-order valence-electron chi connectivity index (χ0n) is 5.27. The van der Waals surface area contributed by atoms with Crippen LogP contribution in [0.25, 0.3) is 0 Å². The van der Waals surface area contributed by atoms with Crippen molar-refractivity contribution in [3.05, 3.63) is 6.92 Å². The first-order valence-electron chi connectivity index (χ1n) is 2.31. The Bertz CT molecular complexity index is 214. The molecule has 59 valence electrons. The molecule has 0 aromatic heterocycles. The highest BCUT2D eigenvalue weighted by atomic mass is 32.2. The Morgan fingerprint density at radius 3 is 2.20 bits per heavy atom. The first kappa shape index (κ1) is 9.38. The van der Waals surface area contributed by atoms with Crippen LogP contribution in [-0.4, -0.2) is 24.9 Å². The molecule has 5 nitrogen and oxygen atoms in total. The largest absolute Gasteiger partial charge is 0.374 e. The van der Waals surface area contributed by atoms with Crippen LogP contribution in [0.1, 0.15) is 6.92 Å². The van der Waals surface area contributed by atoms with E-state index in [0.29, 0.717) is 0 Å². The van der Waals surface area contributed by atoms with Gasteiger partial charge in [0.1, 0.15) is 0 Å². The molecule has 0 bridgehead atoms. The molecule has 0 aliphatic rings. The Morgan fingerprint density at radius 2 is 2.10 bits per heavy atom. The molecule has 0 fully saturated rings. The minimum Gasteiger partial charge on any atom is -0.374 e. The summed E-state index contributed by atoms with van der Waals surface area (Å²) in [5.41, 5.74) is -1.92. The maximum absolute atomic E-state index is 10.4. The van der Waals surface area contributed by atoms with Gasteiger partial charge < -0.3 is 9.29 Å². The molecule has 0 aliphatic carbocycles. The third-order valence-electron chi connectivity index (χ3n) is 0.567. The minimum absolute atomic E-state index is 0.917. The van der Waals surface area contributed by atoms with Crippen molar-refractivity contribution in [2.45, 2.75) is 12.4 Å². The Balaban J connectivity index is 4.31. The molecule has 1 radical (unpaired) electrons. The number of hydrogen-bond acceptors (Lipinski definition) is 5. The van der Waals surface area contributed by atoms with Gasteiger partial charge in [-0.3, -0.25) is 4.79 Å². The van der Waals surface area contributed by atoms with Gasteiger partial charge >= 0.3 is 16.1 Å². The Morgan fingerprint density at radius 1 is 1.70 bits per heavy atom. The van der Waals surface area contributed by atoms with Gasteiger partial charge in [0.05, 0.1) is 0 Å². The summed E-state index contributed by atoms with van der Waals surface area (Å²) in [6.45, 7) is 3.67. The van der Waals surface area contributed by atoms with Crippen molar-refractivity contribution in [1.82, 2.24) is 0 Å². The monoisotopic (exact) mass is 167 g/mol. The van der Waals surface area contributed by atoms with Crippen molar-refractivity contribution in [2.75, 3.05) is 0 Å². The van der Waals surface area contributed by atoms with Gasteiger partial charge in [0, 0.05) is 6.92 Å². The van der Waals surface area contributed by atoms with E-state index in [1.165, 1.54) is 0 Å². The molecule has 10 heavy (non-hydrogen) atoms. The van der Waals surface area contributed by atoms with Crippen LogP contribution in [0.15, 0.2) is 0 Å². The quantitative estimate of drug-likeness (QED) is 0.535. The van der Waals surface area contributed by atoms with Crippen LogP contribution in [0, 0.1) is 6.92 Å². The molecule has 1 N–H and O–H groups in total. The van der Waals surface area contributed by atoms with Gasteiger partial charge in [-0.25, -0.2) is 0 Å². The highest BCUT2D eigenvalue weighted by Crippen LogP contribution is 1.98. The van der Waals surface area contributed by atoms with Gasteiger partial charge in [-0.2, -0.15) is 8.42 Å². The second kappa shape index (κ2) is 2.98. The highest BCUT2D eigenvalue weighted by molar-refractivity contribution is 7.87. The topological polar surface area (TPSA) is 80.7 Å². The number of aliphatic hydroxyl groups is 1. The van der Waals surface area contributed by atoms with E-state index >= 15 is 0 Å². The Hall–Kier alpha value is -0.620. The molecule has 6 heteroatoms. The van der Waals surface area contributed by atoms with E-state index in [1.807, 2.05) is 0 Å². The molecule has 0 aromatic rings. The van der Waals surface area contributed by atoms with E-state index in [2.05, 4.69) is 11.1 Å². The van der Waals surface area contributed by atoms with E-state index < -0.39 is 21.5 Å².